The third-order valence-corrected chi connectivity index (χ3v) is 8.51. The maximum Gasteiger partial charge on any atom is 0.264 e. The van der Waals surface area contributed by atoms with Crippen LogP contribution in [0.4, 0.5) is 17.2 Å². The molecule has 0 spiro atoms. The lowest BCUT2D eigenvalue weighted by atomic mass is 10.0. The molecule has 0 saturated carbocycles. The molecule has 0 radical (unpaired) electrons. The Hall–Kier alpha value is -3.65. The van der Waals surface area contributed by atoms with Gasteiger partial charge in [0.15, 0.2) is 0 Å². The fourth-order valence-electron chi connectivity index (χ4n) is 5.06. The number of hydrogen-bond acceptors (Lipinski definition) is 7. The number of carbonyl (C=O) groups is 1. The van der Waals surface area contributed by atoms with E-state index in [4.69, 9.17) is 14.7 Å². The first-order valence-corrected chi connectivity index (χ1v) is 13.9. The maximum atomic E-state index is 13.7. The lowest BCUT2D eigenvalue weighted by Crippen LogP contribution is -2.48. The third kappa shape index (κ3) is 4.80. The highest BCUT2D eigenvalue weighted by Gasteiger charge is 2.28. The number of ether oxygens (including phenoxy) is 1. The Kier molecular flexibility index (Phi) is 7.25. The number of nitrogens with zero attached hydrogens (tertiary/aromatic N) is 5. The van der Waals surface area contributed by atoms with Gasteiger partial charge in [-0.1, -0.05) is 38.1 Å². The zero-order valence-electron chi connectivity index (χ0n) is 23.0. The third-order valence-electron chi connectivity index (χ3n) is 7.33. The van der Waals surface area contributed by atoms with Gasteiger partial charge in [-0.25, -0.2) is 9.97 Å². The zero-order valence-corrected chi connectivity index (χ0v) is 23.8. The van der Waals surface area contributed by atoms with Crippen molar-refractivity contribution >= 4 is 44.7 Å². The normalized spacial score (nSPS) is 13.9. The number of aryl methyl sites for hydroxylation is 2. The van der Waals surface area contributed by atoms with Crippen molar-refractivity contribution < 1.29 is 9.53 Å². The van der Waals surface area contributed by atoms with E-state index in [1.807, 2.05) is 44.0 Å². The molecule has 0 N–H and O–H groups in total. The van der Waals surface area contributed by atoms with E-state index in [2.05, 4.69) is 54.0 Å². The van der Waals surface area contributed by atoms with E-state index < -0.39 is 0 Å². The van der Waals surface area contributed by atoms with Crippen molar-refractivity contribution in [3.8, 4) is 5.75 Å². The Balaban J connectivity index is 1.41. The molecule has 1 fully saturated rings. The first-order valence-electron chi connectivity index (χ1n) is 13.1. The number of amides is 1. The summed E-state index contributed by atoms with van der Waals surface area (Å²) in [6.45, 7) is 11.2. The van der Waals surface area contributed by atoms with Crippen molar-refractivity contribution in [1.82, 2.24) is 14.9 Å². The maximum absolute atomic E-state index is 13.7. The first kappa shape index (κ1) is 26.0. The van der Waals surface area contributed by atoms with Gasteiger partial charge in [0.05, 0.1) is 23.1 Å². The second kappa shape index (κ2) is 10.6. The van der Waals surface area contributed by atoms with Crippen LogP contribution in [0.15, 0.2) is 48.5 Å². The molecule has 3 heterocycles. The number of benzene rings is 2. The van der Waals surface area contributed by atoms with Crippen LogP contribution in [0.2, 0.25) is 0 Å². The van der Waals surface area contributed by atoms with E-state index >= 15 is 0 Å². The van der Waals surface area contributed by atoms with Crippen molar-refractivity contribution in [2.24, 2.45) is 0 Å². The molecule has 0 bridgehead atoms. The number of thiophene rings is 1. The molecule has 38 heavy (non-hydrogen) atoms. The quantitative estimate of drug-likeness (QED) is 0.298. The highest BCUT2D eigenvalue weighted by Crippen LogP contribution is 2.38. The highest BCUT2D eigenvalue weighted by atomic mass is 32.1. The fourth-order valence-corrected chi connectivity index (χ4v) is 6.25. The minimum atomic E-state index is 0.0673. The Morgan fingerprint density at radius 2 is 1.68 bits per heavy atom. The number of anilines is 3. The average Bonchev–Trinajstić information content (AvgIpc) is 3.27. The van der Waals surface area contributed by atoms with Crippen molar-refractivity contribution in [2.75, 3.05) is 50.1 Å². The summed E-state index contributed by atoms with van der Waals surface area (Å²) in [5, 5.41) is 0.951. The van der Waals surface area contributed by atoms with Crippen LogP contribution >= 0.6 is 11.3 Å². The van der Waals surface area contributed by atoms with Gasteiger partial charge in [-0.2, -0.15) is 0 Å². The second-order valence-electron chi connectivity index (χ2n) is 10.1. The summed E-state index contributed by atoms with van der Waals surface area (Å²) < 4.78 is 5.54. The van der Waals surface area contributed by atoms with E-state index in [-0.39, 0.29) is 5.91 Å². The lowest BCUT2D eigenvalue weighted by molar-refractivity contribution is 0.0751. The predicted molar refractivity (Wildman–Crippen MR) is 157 cm³/mol. The highest BCUT2D eigenvalue weighted by molar-refractivity contribution is 7.20. The molecule has 0 unspecified atom stereocenters. The Morgan fingerprint density at radius 3 is 2.34 bits per heavy atom. The van der Waals surface area contributed by atoms with E-state index in [1.165, 1.54) is 16.9 Å². The van der Waals surface area contributed by atoms with Crippen LogP contribution in [-0.4, -0.2) is 61.1 Å². The summed E-state index contributed by atoms with van der Waals surface area (Å²) >= 11 is 1.47. The SMILES string of the molecule is COc1ccccc1N1CCN(C(=O)c2sc3nc(C)nc(N(C)c4ccc(C(C)C)cc4)c3c2C)CC1. The fraction of sp³-hybridized carbons (Fsp3) is 0.367. The number of rotatable bonds is 6. The van der Waals surface area contributed by atoms with Crippen molar-refractivity contribution in [3.63, 3.8) is 0 Å². The van der Waals surface area contributed by atoms with Gasteiger partial charge in [-0.05, 0) is 55.2 Å². The minimum absolute atomic E-state index is 0.0673. The number of fused-ring (bicyclic) bond motifs is 1. The van der Waals surface area contributed by atoms with Crippen LogP contribution in [0.1, 0.15) is 46.4 Å². The second-order valence-corrected chi connectivity index (χ2v) is 11.1. The minimum Gasteiger partial charge on any atom is -0.495 e. The topological polar surface area (TPSA) is 61.8 Å². The monoisotopic (exact) mass is 529 g/mol. The van der Waals surface area contributed by atoms with E-state index in [0.717, 1.165) is 56.7 Å². The van der Waals surface area contributed by atoms with Crippen molar-refractivity contribution in [3.05, 3.63) is 70.4 Å². The molecule has 8 heteroatoms. The van der Waals surface area contributed by atoms with Crippen LogP contribution in [0.3, 0.4) is 0 Å². The molecule has 0 aliphatic carbocycles. The van der Waals surface area contributed by atoms with Gasteiger partial charge >= 0.3 is 0 Å². The van der Waals surface area contributed by atoms with Gasteiger partial charge in [-0.3, -0.25) is 4.79 Å². The van der Waals surface area contributed by atoms with Gasteiger partial charge < -0.3 is 19.4 Å². The number of methoxy groups -OCH3 is 1. The summed E-state index contributed by atoms with van der Waals surface area (Å²) in [5.41, 5.74) is 4.37. The molecule has 2 aromatic heterocycles. The lowest BCUT2D eigenvalue weighted by Gasteiger charge is -2.36. The summed E-state index contributed by atoms with van der Waals surface area (Å²) in [6, 6.07) is 16.6. The number of carbonyl (C=O) groups excluding carboxylic acids is 1. The molecule has 1 aliphatic heterocycles. The van der Waals surface area contributed by atoms with Gasteiger partial charge in [0.1, 0.15) is 22.2 Å². The Morgan fingerprint density at radius 1 is 1.00 bits per heavy atom. The van der Waals surface area contributed by atoms with Crippen LogP contribution in [0.5, 0.6) is 5.75 Å². The summed E-state index contributed by atoms with van der Waals surface area (Å²) in [6.07, 6.45) is 0. The number of para-hydroxylation sites is 2. The van der Waals surface area contributed by atoms with Crippen LogP contribution in [0.25, 0.3) is 10.2 Å². The molecule has 4 aromatic rings. The van der Waals surface area contributed by atoms with Gasteiger partial charge in [0.25, 0.3) is 5.91 Å². The summed E-state index contributed by atoms with van der Waals surface area (Å²) in [7, 11) is 3.72. The van der Waals surface area contributed by atoms with Crippen LogP contribution in [-0.2, 0) is 0 Å². The standard InChI is InChI=1S/C30H35N5O2S/c1-19(2)22-11-13-23(14-12-22)33(5)28-26-20(3)27(38-29(26)32-21(4)31-28)30(36)35-17-15-34(16-18-35)24-9-7-8-10-25(24)37-6/h7-14,19H,15-18H2,1-6H3. The molecule has 2 aromatic carbocycles. The Bertz CT molecular complexity index is 1460. The largest absolute Gasteiger partial charge is 0.495 e. The molecule has 198 valence electrons. The molecule has 1 aliphatic rings. The molecule has 0 atom stereocenters. The smallest absolute Gasteiger partial charge is 0.264 e. The van der Waals surface area contributed by atoms with Gasteiger partial charge in [0.2, 0.25) is 0 Å². The summed E-state index contributed by atoms with van der Waals surface area (Å²) in [4.78, 5) is 31.2. The van der Waals surface area contributed by atoms with E-state index in [0.29, 0.717) is 24.8 Å². The van der Waals surface area contributed by atoms with E-state index in [9.17, 15) is 4.79 Å². The molecular formula is C30H35N5O2S. The first-order chi connectivity index (χ1) is 18.3. The zero-order chi connectivity index (χ0) is 27.0. The Labute approximate surface area is 228 Å². The van der Waals surface area contributed by atoms with Crippen molar-refractivity contribution in [1.29, 1.82) is 0 Å². The van der Waals surface area contributed by atoms with Crippen LogP contribution in [0, 0.1) is 13.8 Å². The van der Waals surface area contributed by atoms with Crippen molar-refractivity contribution in [2.45, 2.75) is 33.6 Å². The average molecular weight is 530 g/mol. The van der Waals surface area contributed by atoms with Gasteiger partial charge in [0, 0.05) is 38.9 Å². The van der Waals surface area contributed by atoms with Gasteiger partial charge in [-0.15, -0.1) is 11.3 Å². The predicted octanol–water partition coefficient (Wildman–Crippen LogP) is 6.17. The molecule has 1 saturated heterocycles. The molecular weight excluding hydrogens is 494 g/mol. The number of aromatic nitrogens is 2. The van der Waals surface area contributed by atoms with E-state index in [1.54, 1.807) is 7.11 Å². The van der Waals surface area contributed by atoms with Crippen LogP contribution < -0.4 is 14.5 Å². The molecule has 5 rings (SSSR count). The molecule has 7 nitrogen and oxygen atoms in total. The summed E-state index contributed by atoms with van der Waals surface area (Å²) in [5.74, 6) is 2.93. The molecule has 1 amide bonds. The number of hydrogen-bond donors (Lipinski definition) is 0. The number of piperazine rings is 1.